The minimum absolute atomic E-state index is 0.198. The Kier molecular flexibility index (Phi) is 4.03. The van der Waals surface area contributed by atoms with E-state index in [4.69, 9.17) is 9.97 Å². The van der Waals surface area contributed by atoms with E-state index in [0.29, 0.717) is 11.0 Å². The Morgan fingerprint density at radius 1 is 0.621 bits per heavy atom. The SMILES string of the molecule is O=C(O)c1ccc2nc(-c3ccccc3)c(-c3ccc4ccccc4c3)nc2c1. The lowest BCUT2D eigenvalue weighted by Gasteiger charge is -2.12. The molecule has 0 unspecified atom stereocenters. The summed E-state index contributed by atoms with van der Waals surface area (Å²) in [6, 6.07) is 29.1. The van der Waals surface area contributed by atoms with Gasteiger partial charge >= 0.3 is 5.97 Å². The van der Waals surface area contributed by atoms with Crippen LogP contribution in [0.2, 0.25) is 0 Å². The van der Waals surface area contributed by atoms with Gasteiger partial charge < -0.3 is 5.11 Å². The van der Waals surface area contributed by atoms with Crippen molar-refractivity contribution in [2.24, 2.45) is 0 Å². The molecule has 4 heteroatoms. The van der Waals surface area contributed by atoms with Gasteiger partial charge in [0.2, 0.25) is 0 Å². The fraction of sp³-hybridized carbons (Fsp3) is 0. The van der Waals surface area contributed by atoms with E-state index in [-0.39, 0.29) is 5.56 Å². The van der Waals surface area contributed by atoms with E-state index < -0.39 is 5.97 Å². The van der Waals surface area contributed by atoms with Gasteiger partial charge in [0.1, 0.15) is 0 Å². The third kappa shape index (κ3) is 3.11. The average Bonchev–Trinajstić information content (AvgIpc) is 2.78. The Bertz CT molecular complexity index is 1380. The largest absolute Gasteiger partial charge is 0.478 e. The molecule has 0 bridgehead atoms. The minimum atomic E-state index is -0.979. The Morgan fingerprint density at radius 3 is 2.10 bits per heavy atom. The molecule has 0 atom stereocenters. The predicted octanol–water partition coefficient (Wildman–Crippen LogP) is 5.82. The first-order valence-corrected chi connectivity index (χ1v) is 9.29. The van der Waals surface area contributed by atoms with Crippen molar-refractivity contribution in [2.75, 3.05) is 0 Å². The van der Waals surface area contributed by atoms with Gasteiger partial charge in [-0.3, -0.25) is 0 Å². The van der Waals surface area contributed by atoms with Crippen LogP contribution in [0.25, 0.3) is 44.3 Å². The molecule has 5 aromatic rings. The molecule has 1 N–H and O–H groups in total. The number of nitrogens with zero attached hydrogens (tertiary/aromatic N) is 2. The van der Waals surface area contributed by atoms with Gasteiger partial charge in [-0.15, -0.1) is 0 Å². The first-order chi connectivity index (χ1) is 14.2. The second kappa shape index (κ2) is 6.84. The highest BCUT2D eigenvalue weighted by Gasteiger charge is 2.15. The van der Waals surface area contributed by atoms with Crippen LogP contribution in [0.4, 0.5) is 0 Å². The average molecular weight is 376 g/mol. The Morgan fingerprint density at radius 2 is 1.31 bits per heavy atom. The number of fused-ring (bicyclic) bond motifs is 2. The number of hydrogen-bond donors (Lipinski definition) is 1. The summed E-state index contributed by atoms with van der Waals surface area (Å²) in [5.74, 6) is -0.979. The molecule has 29 heavy (non-hydrogen) atoms. The first kappa shape index (κ1) is 17.1. The summed E-state index contributed by atoms with van der Waals surface area (Å²) in [4.78, 5) is 21.1. The molecule has 0 saturated heterocycles. The number of benzene rings is 4. The summed E-state index contributed by atoms with van der Waals surface area (Å²) in [5, 5.41) is 11.6. The van der Waals surface area contributed by atoms with Crippen molar-refractivity contribution >= 4 is 27.8 Å². The number of rotatable bonds is 3. The normalized spacial score (nSPS) is 11.0. The Hall–Kier alpha value is -4.05. The van der Waals surface area contributed by atoms with Gasteiger partial charge in [-0.05, 0) is 35.0 Å². The molecule has 1 aromatic heterocycles. The van der Waals surface area contributed by atoms with Gasteiger partial charge in [-0.25, -0.2) is 14.8 Å². The number of carboxylic acids is 1. The van der Waals surface area contributed by atoms with E-state index in [1.54, 1.807) is 18.2 Å². The number of carboxylic acid groups (broad SMARTS) is 1. The molecule has 0 aliphatic heterocycles. The van der Waals surface area contributed by atoms with Crippen LogP contribution in [0.1, 0.15) is 10.4 Å². The highest BCUT2D eigenvalue weighted by atomic mass is 16.4. The Labute approximate surface area is 167 Å². The van der Waals surface area contributed by atoms with Crippen LogP contribution in [0.5, 0.6) is 0 Å². The van der Waals surface area contributed by atoms with Crippen LogP contribution >= 0.6 is 0 Å². The molecule has 1 heterocycles. The van der Waals surface area contributed by atoms with Gasteiger partial charge in [-0.1, -0.05) is 66.7 Å². The van der Waals surface area contributed by atoms with Crippen LogP contribution in [0.15, 0.2) is 91.0 Å². The summed E-state index contributed by atoms with van der Waals surface area (Å²) in [5.41, 5.74) is 4.84. The van der Waals surface area contributed by atoms with Crippen molar-refractivity contribution in [3.63, 3.8) is 0 Å². The van der Waals surface area contributed by atoms with Crippen molar-refractivity contribution in [1.29, 1.82) is 0 Å². The van der Waals surface area contributed by atoms with Crippen molar-refractivity contribution in [2.45, 2.75) is 0 Å². The first-order valence-electron chi connectivity index (χ1n) is 9.29. The topological polar surface area (TPSA) is 63.1 Å². The number of aromatic carboxylic acids is 1. The van der Waals surface area contributed by atoms with E-state index in [1.807, 2.05) is 48.5 Å². The van der Waals surface area contributed by atoms with Gasteiger partial charge in [0.15, 0.2) is 0 Å². The van der Waals surface area contributed by atoms with E-state index in [0.717, 1.165) is 33.3 Å². The molecule has 0 saturated carbocycles. The fourth-order valence-electron chi connectivity index (χ4n) is 3.52. The molecule has 0 aliphatic rings. The van der Waals surface area contributed by atoms with Crippen LogP contribution in [-0.2, 0) is 0 Å². The van der Waals surface area contributed by atoms with Gasteiger partial charge in [0, 0.05) is 11.1 Å². The molecular weight excluding hydrogens is 360 g/mol. The second-order valence-electron chi connectivity index (χ2n) is 6.86. The molecule has 0 spiro atoms. The predicted molar refractivity (Wildman–Crippen MR) is 115 cm³/mol. The molecule has 0 fully saturated rings. The summed E-state index contributed by atoms with van der Waals surface area (Å²) in [6.45, 7) is 0. The number of aromatic nitrogens is 2. The van der Waals surface area contributed by atoms with Crippen molar-refractivity contribution < 1.29 is 9.90 Å². The summed E-state index contributed by atoms with van der Waals surface area (Å²) >= 11 is 0. The van der Waals surface area contributed by atoms with Crippen molar-refractivity contribution in [1.82, 2.24) is 9.97 Å². The van der Waals surface area contributed by atoms with Crippen LogP contribution < -0.4 is 0 Å². The van der Waals surface area contributed by atoms with Gasteiger partial charge in [-0.2, -0.15) is 0 Å². The number of carbonyl (C=O) groups is 1. The standard InChI is InChI=1S/C25H16N2O2/c28-25(29)20-12-13-21-22(15-20)27-24(23(26-21)17-7-2-1-3-8-17)19-11-10-16-6-4-5-9-18(16)14-19/h1-15H,(H,28,29). The monoisotopic (exact) mass is 376 g/mol. The summed E-state index contributed by atoms with van der Waals surface area (Å²) in [6.07, 6.45) is 0. The third-order valence-corrected chi connectivity index (χ3v) is 4.98. The lowest BCUT2D eigenvalue weighted by Crippen LogP contribution is -1.99. The number of hydrogen-bond acceptors (Lipinski definition) is 3. The fourth-order valence-corrected chi connectivity index (χ4v) is 3.52. The van der Waals surface area contributed by atoms with Crippen molar-refractivity contribution in [3.8, 4) is 22.5 Å². The summed E-state index contributed by atoms with van der Waals surface area (Å²) in [7, 11) is 0. The highest BCUT2D eigenvalue weighted by molar-refractivity contribution is 5.95. The smallest absolute Gasteiger partial charge is 0.335 e. The maximum Gasteiger partial charge on any atom is 0.335 e. The molecule has 4 nitrogen and oxygen atoms in total. The molecule has 0 aliphatic carbocycles. The van der Waals surface area contributed by atoms with Crippen LogP contribution in [0, 0.1) is 0 Å². The van der Waals surface area contributed by atoms with E-state index >= 15 is 0 Å². The molecule has 4 aromatic carbocycles. The second-order valence-corrected chi connectivity index (χ2v) is 6.86. The van der Waals surface area contributed by atoms with E-state index in [9.17, 15) is 9.90 Å². The maximum absolute atomic E-state index is 11.4. The van der Waals surface area contributed by atoms with Gasteiger partial charge in [0.05, 0.1) is 28.0 Å². The van der Waals surface area contributed by atoms with E-state index in [1.165, 1.54) is 0 Å². The summed E-state index contributed by atoms with van der Waals surface area (Å²) < 4.78 is 0. The minimum Gasteiger partial charge on any atom is -0.478 e. The zero-order valence-electron chi connectivity index (χ0n) is 15.4. The molecular formula is C25H16N2O2. The lowest BCUT2D eigenvalue weighted by atomic mass is 10.0. The zero-order valence-corrected chi connectivity index (χ0v) is 15.4. The lowest BCUT2D eigenvalue weighted by molar-refractivity contribution is 0.0697. The Balaban J connectivity index is 1.81. The zero-order chi connectivity index (χ0) is 19.8. The molecule has 0 radical (unpaired) electrons. The van der Waals surface area contributed by atoms with Gasteiger partial charge in [0.25, 0.3) is 0 Å². The quantitative estimate of drug-likeness (QED) is 0.431. The highest BCUT2D eigenvalue weighted by Crippen LogP contribution is 2.32. The maximum atomic E-state index is 11.4. The van der Waals surface area contributed by atoms with Crippen LogP contribution in [-0.4, -0.2) is 21.0 Å². The molecule has 0 amide bonds. The van der Waals surface area contributed by atoms with Crippen LogP contribution in [0.3, 0.4) is 0 Å². The van der Waals surface area contributed by atoms with E-state index in [2.05, 4.69) is 24.3 Å². The molecule has 138 valence electrons. The molecule has 5 rings (SSSR count). The van der Waals surface area contributed by atoms with Crippen molar-refractivity contribution in [3.05, 3.63) is 96.6 Å². The third-order valence-electron chi connectivity index (χ3n) is 4.98.